The molecule has 6 nitrogen and oxygen atoms in total. The van der Waals surface area contributed by atoms with Crippen molar-refractivity contribution in [2.24, 2.45) is 0 Å². The van der Waals surface area contributed by atoms with Gasteiger partial charge in [-0.25, -0.2) is 0 Å². The number of alkyl halides is 3. The second-order valence-corrected chi connectivity index (χ2v) is 8.77. The molecule has 1 amide bonds. The van der Waals surface area contributed by atoms with Crippen molar-refractivity contribution in [3.63, 3.8) is 0 Å². The number of rotatable bonds is 6. The molecule has 1 aliphatic heterocycles. The second kappa shape index (κ2) is 10.2. The van der Waals surface area contributed by atoms with E-state index in [9.17, 15) is 18.0 Å². The summed E-state index contributed by atoms with van der Waals surface area (Å²) in [4.78, 5) is 15.3. The van der Waals surface area contributed by atoms with Crippen molar-refractivity contribution in [1.82, 2.24) is 20.0 Å². The topological polar surface area (TPSA) is 59.4 Å². The summed E-state index contributed by atoms with van der Waals surface area (Å²) in [7, 11) is 0. The number of halogens is 3. The van der Waals surface area contributed by atoms with Crippen molar-refractivity contribution in [3.8, 4) is 5.75 Å². The molecule has 2 heterocycles. The minimum Gasteiger partial charge on any atom is -0.405 e. The smallest absolute Gasteiger partial charge is 0.405 e. The first-order valence-corrected chi connectivity index (χ1v) is 11.8. The highest BCUT2D eigenvalue weighted by Crippen LogP contribution is 2.29. The summed E-state index contributed by atoms with van der Waals surface area (Å²) < 4.78 is 44.3. The van der Waals surface area contributed by atoms with Crippen molar-refractivity contribution in [2.45, 2.75) is 77.4 Å². The van der Waals surface area contributed by atoms with E-state index in [0.29, 0.717) is 24.2 Å². The van der Waals surface area contributed by atoms with Crippen LogP contribution in [0.1, 0.15) is 66.3 Å². The van der Waals surface area contributed by atoms with Gasteiger partial charge in [0.25, 0.3) is 5.91 Å². The van der Waals surface area contributed by atoms with Crippen LogP contribution in [0.3, 0.4) is 0 Å². The van der Waals surface area contributed by atoms with E-state index < -0.39 is 6.36 Å². The minimum atomic E-state index is -4.73. The number of nitrogens with one attached hydrogen (secondary N) is 1. The predicted molar refractivity (Wildman–Crippen MR) is 118 cm³/mol. The number of hydrogen-bond acceptors (Lipinski definition) is 4. The van der Waals surface area contributed by atoms with Gasteiger partial charge in [0.15, 0.2) is 5.69 Å². The van der Waals surface area contributed by atoms with Crippen molar-refractivity contribution >= 4 is 5.91 Å². The van der Waals surface area contributed by atoms with Crippen molar-refractivity contribution in [1.29, 1.82) is 0 Å². The van der Waals surface area contributed by atoms with E-state index in [-0.39, 0.29) is 24.2 Å². The SMILES string of the molecule is CCn1nc(C(=O)N2CCCCCC2)c2c1CC[C@H](NCc1ccccc1OC(F)(F)F)C2. The molecule has 1 aliphatic carbocycles. The summed E-state index contributed by atoms with van der Waals surface area (Å²) in [5, 5.41) is 8.05. The molecule has 1 N–H and O–H groups in total. The van der Waals surface area contributed by atoms with Crippen molar-refractivity contribution in [2.75, 3.05) is 13.1 Å². The summed E-state index contributed by atoms with van der Waals surface area (Å²) in [5.41, 5.74) is 3.08. The lowest BCUT2D eigenvalue weighted by Gasteiger charge is -2.26. The highest BCUT2D eigenvalue weighted by Gasteiger charge is 2.33. The van der Waals surface area contributed by atoms with E-state index in [0.717, 1.165) is 62.9 Å². The Labute approximate surface area is 192 Å². The zero-order chi connectivity index (χ0) is 23.4. The standard InChI is InChI=1S/C24H31F3N4O2/c1-2-31-20-12-11-18(28-16-17-9-5-6-10-21(17)33-24(25,26)27)15-19(20)22(29-31)23(32)30-13-7-3-4-8-14-30/h5-6,9-10,18,28H,2-4,7-8,11-16H2,1H3/t18-/m0/s1. The fourth-order valence-electron chi connectivity index (χ4n) is 4.85. The molecule has 1 aromatic carbocycles. The van der Waals surface area contributed by atoms with Crippen LogP contribution in [0.2, 0.25) is 0 Å². The zero-order valence-corrected chi connectivity index (χ0v) is 19.0. The van der Waals surface area contributed by atoms with Crippen molar-refractivity contribution < 1.29 is 22.7 Å². The molecule has 33 heavy (non-hydrogen) atoms. The average molecular weight is 465 g/mol. The summed E-state index contributed by atoms with van der Waals surface area (Å²) in [5.74, 6) is -0.185. The molecule has 4 rings (SSSR count). The Morgan fingerprint density at radius 1 is 1.18 bits per heavy atom. The fourth-order valence-corrected chi connectivity index (χ4v) is 4.85. The Hall–Kier alpha value is -2.55. The Balaban J connectivity index is 1.48. The van der Waals surface area contributed by atoms with Crippen LogP contribution in [0.4, 0.5) is 13.2 Å². The summed E-state index contributed by atoms with van der Waals surface area (Å²) in [6.07, 6.45) is 1.85. The molecule has 180 valence electrons. The number of aryl methyl sites for hydroxylation is 1. The van der Waals surface area contributed by atoms with Crippen LogP contribution in [0.25, 0.3) is 0 Å². The van der Waals surface area contributed by atoms with Gasteiger partial charge < -0.3 is 15.0 Å². The van der Waals surface area contributed by atoms with Gasteiger partial charge in [-0.05, 0) is 45.1 Å². The first kappa shape index (κ1) is 23.6. The van der Waals surface area contributed by atoms with Crippen LogP contribution in [0.5, 0.6) is 5.75 Å². The number of nitrogens with zero attached hydrogens (tertiary/aromatic N) is 3. The lowest BCUT2D eigenvalue weighted by Crippen LogP contribution is -2.36. The maximum Gasteiger partial charge on any atom is 0.573 e. The van der Waals surface area contributed by atoms with Crippen LogP contribution >= 0.6 is 0 Å². The molecule has 1 saturated heterocycles. The summed E-state index contributed by atoms with van der Waals surface area (Å²) >= 11 is 0. The number of hydrogen-bond donors (Lipinski definition) is 1. The molecule has 9 heteroatoms. The van der Waals surface area contributed by atoms with Crippen LogP contribution in [-0.4, -0.2) is 46.1 Å². The van der Waals surface area contributed by atoms with Crippen LogP contribution < -0.4 is 10.1 Å². The number of benzene rings is 1. The highest BCUT2D eigenvalue weighted by atomic mass is 19.4. The van der Waals surface area contributed by atoms with Gasteiger partial charge in [-0.15, -0.1) is 13.2 Å². The number of amides is 1. The largest absolute Gasteiger partial charge is 0.573 e. The molecule has 0 saturated carbocycles. The van der Waals surface area contributed by atoms with Crippen LogP contribution in [0, 0.1) is 0 Å². The van der Waals surface area contributed by atoms with Gasteiger partial charge in [-0.1, -0.05) is 31.0 Å². The van der Waals surface area contributed by atoms with Gasteiger partial charge in [-0.3, -0.25) is 9.48 Å². The number of carbonyl (C=O) groups is 1. The van der Waals surface area contributed by atoms with Gasteiger partial charge in [-0.2, -0.15) is 5.10 Å². The molecule has 0 bridgehead atoms. The highest BCUT2D eigenvalue weighted by molar-refractivity contribution is 5.94. The number of fused-ring (bicyclic) bond motifs is 1. The van der Waals surface area contributed by atoms with Gasteiger partial charge in [0.1, 0.15) is 5.75 Å². The monoisotopic (exact) mass is 464 g/mol. The maximum absolute atomic E-state index is 13.3. The Kier molecular flexibility index (Phi) is 7.26. The Morgan fingerprint density at radius 3 is 2.61 bits per heavy atom. The van der Waals surface area contributed by atoms with Gasteiger partial charge in [0.05, 0.1) is 0 Å². The molecule has 0 unspecified atom stereocenters. The minimum absolute atomic E-state index is 0.00456. The third kappa shape index (κ3) is 5.69. The van der Waals surface area contributed by atoms with E-state index in [4.69, 9.17) is 0 Å². The molecule has 1 fully saturated rings. The molecule has 2 aromatic rings. The molecule has 2 aliphatic rings. The van der Waals surface area contributed by atoms with Crippen LogP contribution in [0.15, 0.2) is 24.3 Å². The van der Waals surface area contributed by atoms with Crippen LogP contribution in [-0.2, 0) is 25.9 Å². The van der Waals surface area contributed by atoms with E-state index in [1.165, 1.54) is 12.1 Å². The van der Waals surface area contributed by atoms with E-state index in [1.807, 2.05) is 16.5 Å². The second-order valence-electron chi connectivity index (χ2n) is 8.77. The van der Waals surface area contributed by atoms with Crippen molar-refractivity contribution in [3.05, 3.63) is 46.8 Å². The van der Waals surface area contributed by atoms with E-state index in [1.54, 1.807) is 12.1 Å². The third-order valence-corrected chi connectivity index (χ3v) is 6.52. The molecule has 1 atom stereocenters. The average Bonchev–Trinajstić information content (AvgIpc) is 2.94. The maximum atomic E-state index is 13.3. The first-order valence-electron chi connectivity index (χ1n) is 11.8. The molecular formula is C24H31F3N4O2. The molecule has 0 spiro atoms. The zero-order valence-electron chi connectivity index (χ0n) is 19.0. The number of likely N-dealkylation sites (tertiary alicyclic amines) is 1. The summed E-state index contributed by atoms with van der Waals surface area (Å²) in [6.45, 7) is 4.52. The fraction of sp³-hybridized carbons (Fsp3) is 0.583. The molecule has 1 aromatic heterocycles. The first-order chi connectivity index (χ1) is 15.9. The number of ether oxygens (including phenoxy) is 1. The number of aromatic nitrogens is 2. The third-order valence-electron chi connectivity index (χ3n) is 6.52. The Bertz CT molecular complexity index is 965. The van der Waals surface area contributed by atoms with Gasteiger partial charge in [0.2, 0.25) is 0 Å². The lowest BCUT2D eigenvalue weighted by molar-refractivity contribution is -0.274. The Morgan fingerprint density at radius 2 is 1.91 bits per heavy atom. The quantitative estimate of drug-likeness (QED) is 0.686. The summed E-state index contributed by atoms with van der Waals surface area (Å²) in [6, 6.07) is 6.22. The number of carbonyl (C=O) groups excluding carboxylic acids is 1. The van der Waals surface area contributed by atoms with E-state index in [2.05, 4.69) is 15.2 Å². The van der Waals surface area contributed by atoms with E-state index >= 15 is 0 Å². The molecule has 0 radical (unpaired) electrons. The molecular weight excluding hydrogens is 433 g/mol. The van der Waals surface area contributed by atoms with Gasteiger partial charge in [0, 0.05) is 49.0 Å². The van der Waals surface area contributed by atoms with Gasteiger partial charge >= 0.3 is 6.36 Å². The lowest BCUT2D eigenvalue weighted by atomic mass is 9.90. The normalized spacial score (nSPS) is 19.2. The predicted octanol–water partition coefficient (Wildman–Crippen LogP) is 4.46. The number of para-hydroxylation sites is 1.